The minimum atomic E-state index is -0.900. The molecule has 0 unspecified atom stereocenters. The molecule has 0 aliphatic heterocycles. The minimum absolute atomic E-state index is 0.318. The number of hydrogen-bond acceptors (Lipinski definition) is 2. The van der Waals surface area contributed by atoms with Crippen LogP contribution in [0.15, 0.2) is 18.2 Å². The van der Waals surface area contributed by atoms with Crippen LogP contribution in [0.25, 0.3) is 0 Å². The highest BCUT2D eigenvalue weighted by atomic mass is 19.1. The van der Waals surface area contributed by atoms with Crippen LogP contribution >= 0.6 is 0 Å². The molecule has 1 aliphatic rings. The Morgan fingerprint density at radius 1 is 1.35 bits per heavy atom. The largest absolute Gasteiger partial charge is 0.382 e. The van der Waals surface area contributed by atoms with E-state index in [1.165, 1.54) is 19.3 Å². The maximum absolute atomic E-state index is 13.4. The Bertz CT molecular complexity index is 534. The quantitative estimate of drug-likeness (QED) is 0.617. The van der Waals surface area contributed by atoms with Gasteiger partial charge in [-0.3, -0.25) is 5.41 Å². The van der Waals surface area contributed by atoms with Crippen LogP contribution in [0.5, 0.6) is 0 Å². The second kappa shape index (κ2) is 7.09. The van der Waals surface area contributed by atoms with Gasteiger partial charge in [-0.25, -0.2) is 0 Å². The third-order valence-corrected chi connectivity index (χ3v) is 3.63. The standard InChI is InChI=1S/C17H21FN2/c1-2-3-7-13-10-11-16(15(12-13)17(18)19)20-14-8-5-4-6-9-14/h10-12,14,19-20H,2,4-6,8-9H2,1H3. The fraction of sp³-hybridized carbons (Fsp3) is 0.471. The highest BCUT2D eigenvalue weighted by Crippen LogP contribution is 2.25. The SMILES string of the molecule is CCC#Cc1ccc(NC2CCCCC2)c(C(=N)F)c1. The van der Waals surface area contributed by atoms with Crippen LogP contribution in [0.3, 0.4) is 0 Å². The van der Waals surface area contributed by atoms with Crippen molar-refractivity contribution in [3.8, 4) is 11.8 Å². The first-order chi connectivity index (χ1) is 9.70. The first-order valence-electron chi connectivity index (χ1n) is 7.34. The predicted octanol–water partition coefficient (Wildman–Crippen LogP) is 4.49. The normalized spacial score (nSPS) is 15.3. The van der Waals surface area contributed by atoms with E-state index in [-0.39, 0.29) is 0 Å². The highest BCUT2D eigenvalue weighted by Gasteiger charge is 2.16. The Balaban J connectivity index is 2.20. The van der Waals surface area contributed by atoms with E-state index in [9.17, 15) is 4.39 Å². The summed E-state index contributed by atoms with van der Waals surface area (Å²) in [5.41, 5.74) is 1.79. The fourth-order valence-electron chi connectivity index (χ4n) is 2.59. The van der Waals surface area contributed by atoms with Gasteiger partial charge >= 0.3 is 0 Å². The molecular formula is C17H21FN2. The van der Waals surface area contributed by atoms with Crippen LogP contribution < -0.4 is 5.32 Å². The average Bonchev–Trinajstić information content (AvgIpc) is 2.47. The molecule has 1 aromatic carbocycles. The molecule has 2 nitrogen and oxygen atoms in total. The van der Waals surface area contributed by atoms with E-state index in [0.29, 0.717) is 17.3 Å². The van der Waals surface area contributed by atoms with E-state index in [4.69, 9.17) is 5.41 Å². The van der Waals surface area contributed by atoms with Gasteiger partial charge in [0.15, 0.2) is 0 Å². The van der Waals surface area contributed by atoms with Crippen molar-refractivity contribution in [1.82, 2.24) is 0 Å². The van der Waals surface area contributed by atoms with Crippen molar-refractivity contribution >= 4 is 11.7 Å². The molecule has 2 N–H and O–H groups in total. The van der Waals surface area contributed by atoms with Crippen LogP contribution in [0.1, 0.15) is 56.6 Å². The van der Waals surface area contributed by atoms with E-state index in [1.807, 2.05) is 19.1 Å². The Morgan fingerprint density at radius 2 is 2.10 bits per heavy atom. The van der Waals surface area contributed by atoms with Crippen molar-refractivity contribution in [2.45, 2.75) is 51.5 Å². The van der Waals surface area contributed by atoms with Crippen molar-refractivity contribution in [2.75, 3.05) is 5.32 Å². The molecule has 0 saturated heterocycles. The molecule has 0 atom stereocenters. The second-order valence-corrected chi connectivity index (χ2v) is 5.21. The van der Waals surface area contributed by atoms with Crippen LogP contribution in [-0.4, -0.2) is 12.0 Å². The van der Waals surface area contributed by atoms with Gasteiger partial charge in [0, 0.05) is 23.7 Å². The highest BCUT2D eigenvalue weighted by molar-refractivity contribution is 5.97. The molecule has 0 aromatic heterocycles. The summed E-state index contributed by atoms with van der Waals surface area (Å²) in [5, 5.41) is 10.7. The summed E-state index contributed by atoms with van der Waals surface area (Å²) in [4.78, 5) is 0. The molecular weight excluding hydrogens is 251 g/mol. The monoisotopic (exact) mass is 272 g/mol. The Morgan fingerprint density at radius 3 is 2.75 bits per heavy atom. The van der Waals surface area contributed by atoms with Crippen LogP contribution in [0, 0.1) is 17.3 Å². The Labute approximate surface area is 120 Å². The van der Waals surface area contributed by atoms with Crippen LogP contribution in [0.2, 0.25) is 0 Å². The van der Waals surface area contributed by atoms with Gasteiger partial charge < -0.3 is 5.32 Å². The lowest BCUT2D eigenvalue weighted by atomic mass is 9.95. The van der Waals surface area contributed by atoms with Gasteiger partial charge in [-0.1, -0.05) is 38.0 Å². The smallest absolute Gasteiger partial charge is 0.214 e. The van der Waals surface area contributed by atoms with Crippen molar-refractivity contribution < 1.29 is 4.39 Å². The minimum Gasteiger partial charge on any atom is -0.382 e. The maximum atomic E-state index is 13.4. The molecule has 0 bridgehead atoms. The summed E-state index contributed by atoms with van der Waals surface area (Å²) in [7, 11) is 0. The van der Waals surface area contributed by atoms with E-state index in [0.717, 1.165) is 24.8 Å². The molecule has 0 spiro atoms. The molecule has 2 rings (SSSR count). The number of hydrogen-bond donors (Lipinski definition) is 2. The third kappa shape index (κ3) is 3.84. The molecule has 20 heavy (non-hydrogen) atoms. The fourth-order valence-corrected chi connectivity index (χ4v) is 2.59. The van der Waals surface area contributed by atoms with Crippen LogP contribution in [0.4, 0.5) is 10.1 Å². The van der Waals surface area contributed by atoms with E-state index < -0.39 is 5.97 Å². The van der Waals surface area contributed by atoms with Gasteiger partial charge in [-0.05, 0) is 31.0 Å². The lowest BCUT2D eigenvalue weighted by molar-refractivity contribution is 0.462. The second-order valence-electron chi connectivity index (χ2n) is 5.21. The summed E-state index contributed by atoms with van der Waals surface area (Å²) < 4.78 is 13.4. The maximum Gasteiger partial charge on any atom is 0.214 e. The van der Waals surface area contributed by atoms with Crippen molar-refractivity contribution in [3.05, 3.63) is 29.3 Å². The van der Waals surface area contributed by atoms with Gasteiger partial charge in [-0.15, -0.1) is 0 Å². The number of anilines is 1. The molecule has 1 aliphatic carbocycles. The number of halogens is 1. The van der Waals surface area contributed by atoms with Gasteiger partial charge in [0.2, 0.25) is 5.97 Å². The van der Waals surface area contributed by atoms with E-state index >= 15 is 0 Å². The molecule has 0 amide bonds. The first kappa shape index (κ1) is 14.6. The van der Waals surface area contributed by atoms with Gasteiger partial charge in [0.25, 0.3) is 0 Å². The lowest BCUT2D eigenvalue weighted by Gasteiger charge is -2.24. The summed E-state index contributed by atoms with van der Waals surface area (Å²) in [5.74, 6) is 5.05. The van der Waals surface area contributed by atoms with Crippen molar-refractivity contribution in [2.24, 2.45) is 0 Å². The van der Waals surface area contributed by atoms with Gasteiger partial charge in [0.1, 0.15) is 0 Å². The summed E-state index contributed by atoms with van der Waals surface area (Å²) in [6.07, 6.45) is 6.74. The zero-order chi connectivity index (χ0) is 14.4. The van der Waals surface area contributed by atoms with E-state index in [1.54, 1.807) is 6.07 Å². The molecule has 0 radical (unpaired) electrons. The lowest BCUT2D eigenvalue weighted by Crippen LogP contribution is -2.23. The molecule has 106 valence electrons. The molecule has 3 heteroatoms. The Kier molecular flexibility index (Phi) is 5.17. The third-order valence-electron chi connectivity index (χ3n) is 3.63. The summed E-state index contributed by atoms with van der Waals surface area (Å²) >= 11 is 0. The van der Waals surface area contributed by atoms with Crippen LogP contribution in [-0.2, 0) is 0 Å². The van der Waals surface area contributed by atoms with Crippen molar-refractivity contribution in [3.63, 3.8) is 0 Å². The molecule has 1 aromatic rings. The van der Waals surface area contributed by atoms with Gasteiger partial charge in [0.05, 0.1) is 5.56 Å². The topological polar surface area (TPSA) is 35.9 Å². The molecule has 1 saturated carbocycles. The average molecular weight is 272 g/mol. The van der Waals surface area contributed by atoms with E-state index in [2.05, 4.69) is 17.2 Å². The Hall–Kier alpha value is -1.82. The molecule has 0 heterocycles. The predicted molar refractivity (Wildman–Crippen MR) is 82.0 cm³/mol. The number of nitrogens with one attached hydrogen (secondary N) is 2. The summed E-state index contributed by atoms with van der Waals surface area (Å²) in [6, 6.07) is 5.79. The summed E-state index contributed by atoms with van der Waals surface area (Å²) in [6.45, 7) is 1.98. The van der Waals surface area contributed by atoms with Gasteiger partial charge in [-0.2, -0.15) is 4.39 Å². The zero-order valence-electron chi connectivity index (χ0n) is 11.9. The zero-order valence-corrected chi connectivity index (χ0v) is 11.9. The van der Waals surface area contributed by atoms with Crippen molar-refractivity contribution in [1.29, 1.82) is 5.41 Å². The number of rotatable bonds is 3. The number of benzene rings is 1. The first-order valence-corrected chi connectivity index (χ1v) is 7.34. The molecule has 1 fully saturated rings.